The van der Waals surface area contributed by atoms with Crippen LogP contribution >= 0.6 is 11.3 Å². The van der Waals surface area contributed by atoms with Crippen molar-refractivity contribution in [1.82, 2.24) is 10.2 Å². The third-order valence-electron chi connectivity index (χ3n) is 4.09. The Bertz CT molecular complexity index is 317. The van der Waals surface area contributed by atoms with Gasteiger partial charge in [-0.1, -0.05) is 18.9 Å². The Morgan fingerprint density at radius 3 is 2.89 bits per heavy atom. The van der Waals surface area contributed by atoms with E-state index in [0.29, 0.717) is 6.04 Å². The maximum Gasteiger partial charge on any atom is 0.0300 e. The van der Waals surface area contributed by atoms with Crippen LogP contribution in [0.5, 0.6) is 0 Å². The molecule has 1 aromatic heterocycles. The highest BCUT2D eigenvalue weighted by atomic mass is 32.1. The van der Waals surface area contributed by atoms with Crippen LogP contribution in [0.25, 0.3) is 0 Å². The maximum absolute atomic E-state index is 3.56. The minimum Gasteiger partial charge on any atom is -0.310 e. The Balaban J connectivity index is 1.62. The minimum absolute atomic E-state index is 0.630. The van der Waals surface area contributed by atoms with Crippen molar-refractivity contribution in [3.63, 3.8) is 0 Å². The van der Waals surface area contributed by atoms with Gasteiger partial charge in [-0.05, 0) is 44.2 Å². The standard InChI is InChI=1S/C15H26N2S/c1-13(10-16-11-15-8-5-9-18-15)17(2)12-14-6-3-4-7-14/h5,8-9,13-14,16H,3-4,6-7,10-12H2,1-2H3. The highest BCUT2D eigenvalue weighted by Crippen LogP contribution is 2.25. The summed E-state index contributed by atoms with van der Waals surface area (Å²) in [6.45, 7) is 5.71. The summed E-state index contributed by atoms with van der Waals surface area (Å²) in [4.78, 5) is 3.96. The molecule has 2 nitrogen and oxygen atoms in total. The van der Waals surface area contributed by atoms with Gasteiger partial charge in [0.15, 0.2) is 0 Å². The topological polar surface area (TPSA) is 15.3 Å². The second kappa shape index (κ2) is 7.27. The van der Waals surface area contributed by atoms with Crippen molar-refractivity contribution in [2.45, 2.75) is 45.2 Å². The molecule has 2 rings (SSSR count). The van der Waals surface area contributed by atoms with Gasteiger partial charge in [0.1, 0.15) is 0 Å². The van der Waals surface area contributed by atoms with Crippen molar-refractivity contribution in [3.05, 3.63) is 22.4 Å². The lowest BCUT2D eigenvalue weighted by Gasteiger charge is -2.27. The zero-order valence-electron chi connectivity index (χ0n) is 11.7. The lowest BCUT2D eigenvalue weighted by Crippen LogP contribution is -2.39. The molecule has 1 fully saturated rings. The summed E-state index contributed by atoms with van der Waals surface area (Å²) in [5.74, 6) is 0.953. The van der Waals surface area contributed by atoms with Gasteiger partial charge in [-0.25, -0.2) is 0 Å². The number of hydrogen-bond donors (Lipinski definition) is 1. The summed E-state index contributed by atoms with van der Waals surface area (Å²) >= 11 is 1.83. The van der Waals surface area contributed by atoms with Gasteiger partial charge in [0.25, 0.3) is 0 Å². The van der Waals surface area contributed by atoms with Gasteiger partial charge in [0.2, 0.25) is 0 Å². The molecular weight excluding hydrogens is 240 g/mol. The molecular formula is C15H26N2S. The van der Waals surface area contributed by atoms with Crippen molar-refractivity contribution in [1.29, 1.82) is 0 Å². The van der Waals surface area contributed by atoms with Crippen LogP contribution in [0.3, 0.4) is 0 Å². The molecule has 1 heterocycles. The lowest BCUT2D eigenvalue weighted by atomic mass is 10.1. The smallest absolute Gasteiger partial charge is 0.0300 e. The Morgan fingerprint density at radius 1 is 1.44 bits per heavy atom. The first kappa shape index (κ1) is 14.0. The highest BCUT2D eigenvalue weighted by Gasteiger charge is 2.19. The van der Waals surface area contributed by atoms with E-state index in [1.54, 1.807) is 0 Å². The maximum atomic E-state index is 3.56. The van der Waals surface area contributed by atoms with Crippen molar-refractivity contribution >= 4 is 11.3 Å². The summed E-state index contributed by atoms with van der Waals surface area (Å²) in [6.07, 6.45) is 5.78. The van der Waals surface area contributed by atoms with E-state index in [0.717, 1.165) is 19.0 Å². The first-order valence-electron chi connectivity index (χ1n) is 7.19. The predicted octanol–water partition coefficient (Wildman–Crippen LogP) is 3.35. The largest absolute Gasteiger partial charge is 0.310 e. The molecule has 1 aliphatic rings. The van der Waals surface area contributed by atoms with Crippen LogP contribution in [-0.4, -0.2) is 31.1 Å². The molecule has 0 amide bonds. The SMILES string of the molecule is CC(CNCc1cccs1)N(C)CC1CCCC1. The Hall–Kier alpha value is -0.380. The fourth-order valence-corrected chi connectivity index (χ4v) is 3.43. The van der Waals surface area contributed by atoms with Crippen LogP contribution < -0.4 is 5.32 Å². The number of likely N-dealkylation sites (N-methyl/N-ethyl adjacent to an activating group) is 1. The van der Waals surface area contributed by atoms with Crippen molar-refractivity contribution in [3.8, 4) is 0 Å². The molecule has 0 aliphatic heterocycles. The monoisotopic (exact) mass is 266 g/mol. The average Bonchev–Trinajstić information content (AvgIpc) is 3.01. The van der Waals surface area contributed by atoms with Crippen LogP contribution in [0.15, 0.2) is 17.5 Å². The number of nitrogens with zero attached hydrogens (tertiary/aromatic N) is 1. The van der Waals surface area contributed by atoms with E-state index in [-0.39, 0.29) is 0 Å². The predicted molar refractivity (Wildman–Crippen MR) is 80.1 cm³/mol. The number of nitrogens with one attached hydrogen (secondary N) is 1. The zero-order valence-corrected chi connectivity index (χ0v) is 12.5. The van der Waals surface area contributed by atoms with Gasteiger partial charge in [0.05, 0.1) is 0 Å². The molecule has 1 saturated carbocycles. The number of thiophene rings is 1. The minimum atomic E-state index is 0.630. The summed E-state index contributed by atoms with van der Waals surface area (Å²) in [5.41, 5.74) is 0. The van der Waals surface area contributed by atoms with Crippen LogP contribution in [0, 0.1) is 5.92 Å². The highest BCUT2D eigenvalue weighted by molar-refractivity contribution is 7.09. The number of hydrogen-bond acceptors (Lipinski definition) is 3. The van der Waals surface area contributed by atoms with Crippen molar-refractivity contribution in [2.24, 2.45) is 5.92 Å². The second-order valence-corrected chi connectivity index (χ2v) is 6.68. The first-order valence-corrected chi connectivity index (χ1v) is 8.07. The van der Waals surface area contributed by atoms with E-state index < -0.39 is 0 Å². The zero-order chi connectivity index (χ0) is 12.8. The van der Waals surface area contributed by atoms with E-state index >= 15 is 0 Å². The fraction of sp³-hybridized carbons (Fsp3) is 0.733. The van der Waals surface area contributed by atoms with E-state index in [4.69, 9.17) is 0 Å². The molecule has 3 heteroatoms. The molecule has 18 heavy (non-hydrogen) atoms. The average molecular weight is 266 g/mol. The molecule has 1 atom stereocenters. The number of rotatable bonds is 7. The van der Waals surface area contributed by atoms with Gasteiger partial charge in [0, 0.05) is 30.6 Å². The van der Waals surface area contributed by atoms with Gasteiger partial charge in [-0.2, -0.15) is 0 Å². The molecule has 0 bridgehead atoms. The Morgan fingerprint density at radius 2 is 2.22 bits per heavy atom. The van der Waals surface area contributed by atoms with Gasteiger partial charge >= 0.3 is 0 Å². The van der Waals surface area contributed by atoms with Gasteiger partial charge < -0.3 is 10.2 Å². The summed E-state index contributed by atoms with van der Waals surface area (Å²) in [6, 6.07) is 4.95. The van der Waals surface area contributed by atoms with Gasteiger partial charge in [-0.3, -0.25) is 0 Å². The molecule has 0 aromatic carbocycles. The third-order valence-corrected chi connectivity index (χ3v) is 4.97. The van der Waals surface area contributed by atoms with Crippen LogP contribution in [-0.2, 0) is 6.54 Å². The molecule has 1 N–H and O–H groups in total. The van der Waals surface area contributed by atoms with Crippen LogP contribution in [0.1, 0.15) is 37.5 Å². The first-order chi connectivity index (χ1) is 8.75. The summed E-state index contributed by atoms with van der Waals surface area (Å²) in [5, 5.41) is 5.71. The van der Waals surface area contributed by atoms with E-state index in [1.165, 1.54) is 37.1 Å². The van der Waals surface area contributed by atoms with Crippen LogP contribution in [0.2, 0.25) is 0 Å². The molecule has 1 aliphatic carbocycles. The van der Waals surface area contributed by atoms with E-state index in [1.807, 2.05) is 11.3 Å². The molecule has 1 aromatic rings. The van der Waals surface area contributed by atoms with Crippen molar-refractivity contribution in [2.75, 3.05) is 20.1 Å². The second-order valence-electron chi connectivity index (χ2n) is 5.65. The third kappa shape index (κ3) is 4.38. The van der Waals surface area contributed by atoms with E-state index in [9.17, 15) is 0 Å². The molecule has 0 saturated heterocycles. The van der Waals surface area contributed by atoms with Gasteiger partial charge in [-0.15, -0.1) is 11.3 Å². The Labute approximate surface area is 115 Å². The Kier molecular flexibility index (Phi) is 5.67. The van der Waals surface area contributed by atoms with Crippen molar-refractivity contribution < 1.29 is 0 Å². The lowest BCUT2D eigenvalue weighted by molar-refractivity contribution is 0.214. The van der Waals surface area contributed by atoms with E-state index in [2.05, 4.69) is 41.7 Å². The molecule has 0 radical (unpaired) electrons. The molecule has 0 spiro atoms. The molecule has 102 valence electrons. The quantitative estimate of drug-likeness (QED) is 0.814. The van der Waals surface area contributed by atoms with Crippen LogP contribution in [0.4, 0.5) is 0 Å². The normalized spacial score (nSPS) is 18.6. The summed E-state index contributed by atoms with van der Waals surface area (Å²) < 4.78 is 0. The fourth-order valence-electron chi connectivity index (χ4n) is 2.75. The summed E-state index contributed by atoms with van der Waals surface area (Å²) in [7, 11) is 2.27. The molecule has 1 unspecified atom stereocenters.